The normalized spacial score (nSPS) is 22.3. The van der Waals surface area contributed by atoms with Crippen molar-refractivity contribution >= 4 is 27.5 Å². The lowest BCUT2D eigenvalue weighted by molar-refractivity contribution is -0.0141. The summed E-state index contributed by atoms with van der Waals surface area (Å²) in [6.45, 7) is 0.879. The number of fused-ring (bicyclic) bond motifs is 2. The van der Waals surface area contributed by atoms with Gasteiger partial charge in [0.25, 0.3) is 0 Å². The van der Waals surface area contributed by atoms with Gasteiger partial charge in [0.1, 0.15) is 24.0 Å². The Kier molecular flexibility index (Phi) is 7.75. The lowest BCUT2D eigenvalue weighted by atomic mass is 10.0. The molecule has 2 aromatic carbocycles. The largest absolute Gasteiger partial charge is 0.470 e. The van der Waals surface area contributed by atoms with Crippen LogP contribution in [0.5, 0.6) is 5.88 Å². The van der Waals surface area contributed by atoms with Crippen LogP contribution in [0.1, 0.15) is 0 Å². The van der Waals surface area contributed by atoms with Crippen LogP contribution in [0, 0.1) is 5.82 Å². The molecule has 2 saturated heterocycles. The van der Waals surface area contributed by atoms with Gasteiger partial charge in [0.05, 0.1) is 24.2 Å². The molecule has 0 aliphatic carbocycles. The highest BCUT2D eigenvalue weighted by molar-refractivity contribution is 7.83. The minimum absolute atomic E-state index is 0.0916. The minimum Gasteiger partial charge on any atom is -0.470 e. The lowest BCUT2D eigenvalue weighted by Gasteiger charge is -2.16. The summed E-state index contributed by atoms with van der Waals surface area (Å²) in [5.41, 5.74) is 10.7. The summed E-state index contributed by atoms with van der Waals surface area (Å²) < 4.78 is 47.6. The number of nitrogen functional groups attached to an aromatic ring is 1. The molecule has 2 fully saturated rings. The second kappa shape index (κ2) is 11.2. The first-order chi connectivity index (χ1) is 18.3. The number of nitrogens with one attached hydrogen (secondary N) is 1. The van der Waals surface area contributed by atoms with Crippen molar-refractivity contribution in [1.82, 2.24) is 9.97 Å². The fourth-order valence-corrected chi connectivity index (χ4v) is 4.66. The van der Waals surface area contributed by atoms with Crippen LogP contribution in [0.15, 0.2) is 60.7 Å². The van der Waals surface area contributed by atoms with Crippen molar-refractivity contribution < 1.29 is 27.5 Å². The van der Waals surface area contributed by atoms with Gasteiger partial charge in [0.15, 0.2) is 17.8 Å². The number of halogens is 1. The quantitative estimate of drug-likeness (QED) is 0.367. The number of methoxy groups -OCH3 is 1. The topological polar surface area (TPSA) is 109 Å². The van der Waals surface area contributed by atoms with Crippen molar-refractivity contribution in [3.63, 3.8) is 0 Å². The molecular weight excluding hydrogens is 509 g/mol. The lowest BCUT2D eigenvalue weighted by Crippen LogP contribution is -2.35. The Morgan fingerprint density at radius 3 is 2.13 bits per heavy atom. The molecule has 38 heavy (non-hydrogen) atoms. The van der Waals surface area contributed by atoms with E-state index in [1.54, 1.807) is 25.7 Å². The van der Waals surface area contributed by atoms with Crippen LogP contribution in [0.3, 0.4) is 0 Å². The Labute approximate surface area is 222 Å². The molecule has 4 heterocycles. The number of aromatic nitrogens is 2. The highest BCUT2D eigenvalue weighted by atomic mass is 32.2. The molecule has 8 nitrogen and oxygen atoms in total. The van der Waals surface area contributed by atoms with Crippen LogP contribution < -0.4 is 10.5 Å². The fourth-order valence-electron chi connectivity index (χ4n) is 4.66. The van der Waals surface area contributed by atoms with E-state index in [4.69, 9.17) is 24.7 Å². The molecule has 200 valence electrons. The van der Waals surface area contributed by atoms with E-state index in [0.717, 1.165) is 11.1 Å². The van der Waals surface area contributed by atoms with Crippen molar-refractivity contribution in [2.24, 2.45) is 0 Å². The summed E-state index contributed by atoms with van der Waals surface area (Å²) >= 11 is 0. The van der Waals surface area contributed by atoms with Gasteiger partial charge in [0.2, 0.25) is 0 Å². The third-order valence-corrected chi connectivity index (χ3v) is 6.48. The summed E-state index contributed by atoms with van der Waals surface area (Å²) in [6.07, 6.45) is 2.57. The van der Waals surface area contributed by atoms with Gasteiger partial charge in [0, 0.05) is 53.8 Å². The maximum absolute atomic E-state index is 15.0. The van der Waals surface area contributed by atoms with Crippen LogP contribution in [0.4, 0.5) is 10.1 Å². The Balaban J connectivity index is 0.000000689. The Bertz CT molecular complexity index is 1420. The molecule has 2 aromatic heterocycles. The molecule has 6 rings (SSSR count). The van der Waals surface area contributed by atoms with Crippen molar-refractivity contribution in [1.29, 1.82) is 0 Å². The Morgan fingerprint density at radius 1 is 0.947 bits per heavy atom. The van der Waals surface area contributed by atoms with E-state index >= 15 is 0 Å². The average molecular weight is 540 g/mol. The van der Waals surface area contributed by atoms with Gasteiger partial charge in [-0.05, 0) is 23.3 Å². The second-order valence-corrected chi connectivity index (χ2v) is 10.8. The Hall–Kier alpha value is -3.31. The SMILES string of the molecule is COC1CO[C@@H]2C(Oc3cc4nc(-c5ccc(-c6ccc(N)cc6)cc5)c(F)cc4[nH]3)CO[C@H]12.CS(C)=O. The summed E-state index contributed by atoms with van der Waals surface area (Å²) in [4.78, 5) is 7.67. The average Bonchev–Trinajstić information content (AvgIpc) is 3.59. The van der Waals surface area contributed by atoms with Crippen LogP contribution >= 0.6 is 0 Å². The number of nitrogens with two attached hydrogens (primary N) is 1. The fraction of sp³-hybridized carbons (Fsp3) is 0.321. The first kappa shape index (κ1) is 26.3. The number of rotatable bonds is 5. The molecular formula is C28H30FN3O5S. The number of nitrogens with zero attached hydrogens (tertiary/aromatic N) is 1. The van der Waals surface area contributed by atoms with Crippen LogP contribution in [0.2, 0.25) is 0 Å². The zero-order valence-corrected chi connectivity index (χ0v) is 22.2. The van der Waals surface area contributed by atoms with E-state index in [1.807, 2.05) is 48.5 Å². The van der Waals surface area contributed by atoms with Crippen LogP contribution in [-0.2, 0) is 25.0 Å². The standard InChI is InChI=1S/C26H24FN3O4.C2H6OS/c1-31-21-12-32-26-22(13-33-25(21)26)34-23-11-20-19(29-23)10-18(27)24(30-20)16-4-2-14(3-5-16)15-6-8-17(28)9-7-15;1-4(2)3/h2-11,21-22,25-26,29H,12-13,28H2,1H3;1-2H3/t21?,22?,25-,26-;/m1./s1. The molecule has 2 aliphatic rings. The molecule has 0 bridgehead atoms. The minimum atomic E-state index is -0.611. The van der Waals surface area contributed by atoms with Crippen molar-refractivity contribution in [3.8, 4) is 28.3 Å². The monoisotopic (exact) mass is 539 g/mol. The van der Waals surface area contributed by atoms with Crippen LogP contribution in [0.25, 0.3) is 33.4 Å². The zero-order valence-electron chi connectivity index (χ0n) is 21.3. The maximum atomic E-state index is 15.0. The van der Waals surface area contributed by atoms with Crippen molar-refractivity contribution in [3.05, 3.63) is 66.5 Å². The van der Waals surface area contributed by atoms with Gasteiger partial charge in [-0.15, -0.1) is 0 Å². The zero-order chi connectivity index (χ0) is 26.8. The third-order valence-electron chi connectivity index (χ3n) is 6.48. The number of anilines is 1. The predicted molar refractivity (Wildman–Crippen MR) is 146 cm³/mol. The molecule has 0 amide bonds. The van der Waals surface area contributed by atoms with Gasteiger partial charge >= 0.3 is 0 Å². The summed E-state index contributed by atoms with van der Waals surface area (Å²) in [7, 11) is 1.04. The van der Waals surface area contributed by atoms with E-state index in [1.165, 1.54) is 6.07 Å². The van der Waals surface area contributed by atoms with Crippen molar-refractivity contribution in [2.75, 3.05) is 38.6 Å². The molecule has 2 aliphatic heterocycles. The molecule has 3 N–H and O–H groups in total. The molecule has 10 heteroatoms. The van der Waals surface area contributed by atoms with E-state index in [2.05, 4.69) is 9.97 Å². The van der Waals surface area contributed by atoms with E-state index in [0.29, 0.717) is 41.4 Å². The number of aromatic amines is 1. The molecule has 2 unspecified atom stereocenters. The van der Waals surface area contributed by atoms with E-state index in [-0.39, 0.29) is 30.1 Å². The molecule has 0 saturated carbocycles. The molecule has 4 aromatic rings. The molecule has 0 spiro atoms. The number of H-pyrrole nitrogens is 1. The first-order valence-corrected chi connectivity index (χ1v) is 14.1. The van der Waals surface area contributed by atoms with Gasteiger partial charge in [-0.3, -0.25) is 4.21 Å². The number of hydrogen-bond donors (Lipinski definition) is 2. The third kappa shape index (κ3) is 5.58. The van der Waals surface area contributed by atoms with Crippen molar-refractivity contribution in [2.45, 2.75) is 24.4 Å². The second-order valence-electron chi connectivity index (χ2n) is 9.35. The first-order valence-electron chi connectivity index (χ1n) is 12.2. The van der Waals surface area contributed by atoms with Gasteiger partial charge in [-0.2, -0.15) is 0 Å². The smallest absolute Gasteiger partial charge is 0.193 e. The summed E-state index contributed by atoms with van der Waals surface area (Å²) in [5, 5.41) is 0. The predicted octanol–water partition coefficient (Wildman–Crippen LogP) is 4.17. The summed E-state index contributed by atoms with van der Waals surface area (Å²) in [5.74, 6) is 0.0870. The highest BCUT2D eigenvalue weighted by Crippen LogP contribution is 2.33. The summed E-state index contributed by atoms with van der Waals surface area (Å²) in [6, 6.07) is 18.5. The maximum Gasteiger partial charge on any atom is 0.193 e. The Morgan fingerprint density at radius 2 is 1.50 bits per heavy atom. The molecule has 4 atom stereocenters. The van der Waals surface area contributed by atoms with E-state index in [9.17, 15) is 8.60 Å². The van der Waals surface area contributed by atoms with Crippen LogP contribution in [-0.4, -0.2) is 71.4 Å². The highest BCUT2D eigenvalue weighted by Gasteiger charge is 2.49. The number of benzene rings is 2. The van der Waals surface area contributed by atoms with Gasteiger partial charge in [-0.1, -0.05) is 36.4 Å². The number of pyridine rings is 1. The van der Waals surface area contributed by atoms with Gasteiger partial charge in [-0.25, -0.2) is 9.37 Å². The number of hydrogen-bond acceptors (Lipinski definition) is 7. The number of ether oxygens (including phenoxy) is 4. The van der Waals surface area contributed by atoms with E-state index < -0.39 is 16.6 Å². The molecule has 0 radical (unpaired) electrons. The van der Waals surface area contributed by atoms with Gasteiger partial charge < -0.3 is 29.7 Å².